The zero-order valence-electron chi connectivity index (χ0n) is 18.3. The first-order chi connectivity index (χ1) is 16.5. The molecule has 1 fully saturated rings. The second kappa shape index (κ2) is 8.81. The van der Waals surface area contributed by atoms with E-state index in [4.69, 9.17) is 15.6 Å². The average Bonchev–Trinajstić information content (AvgIpc) is 3.29. The van der Waals surface area contributed by atoms with Gasteiger partial charge in [-0.25, -0.2) is 10.1 Å². The molecule has 0 bridgehead atoms. The summed E-state index contributed by atoms with van der Waals surface area (Å²) in [6.07, 6.45) is 4.47. The Kier molecular flexibility index (Phi) is 5.54. The van der Waals surface area contributed by atoms with Gasteiger partial charge in [0.25, 0.3) is 5.56 Å². The molecule has 1 aliphatic rings. The Bertz CT molecular complexity index is 1410. The number of aromatic amines is 1. The van der Waals surface area contributed by atoms with E-state index in [-0.39, 0.29) is 17.8 Å². The van der Waals surface area contributed by atoms with E-state index in [1.807, 2.05) is 36.4 Å². The molecule has 4 heterocycles. The van der Waals surface area contributed by atoms with Gasteiger partial charge in [0.05, 0.1) is 11.4 Å². The van der Waals surface area contributed by atoms with Gasteiger partial charge >= 0.3 is 0 Å². The third kappa shape index (κ3) is 3.90. The van der Waals surface area contributed by atoms with Gasteiger partial charge in [-0.2, -0.15) is 10.2 Å². The predicted molar refractivity (Wildman–Crippen MR) is 127 cm³/mol. The molecule has 10 heteroatoms. The molecule has 1 unspecified atom stereocenters. The molecule has 5 rings (SSSR count). The number of nitrogens with zero attached hydrogens (tertiary/aromatic N) is 5. The first kappa shape index (κ1) is 21.4. The topological polar surface area (TPSA) is 132 Å². The van der Waals surface area contributed by atoms with E-state index < -0.39 is 5.56 Å². The van der Waals surface area contributed by atoms with E-state index in [1.54, 1.807) is 21.8 Å². The van der Waals surface area contributed by atoms with Gasteiger partial charge in [-0.05, 0) is 37.1 Å². The molecule has 0 aliphatic carbocycles. The molecule has 34 heavy (non-hydrogen) atoms. The summed E-state index contributed by atoms with van der Waals surface area (Å²) in [6, 6.07) is 12.7. The number of fused-ring (bicyclic) bond motifs is 1. The Hall–Kier alpha value is -4.47. The van der Waals surface area contributed by atoms with Crippen molar-refractivity contribution in [2.45, 2.75) is 18.9 Å². The van der Waals surface area contributed by atoms with Crippen molar-refractivity contribution >= 4 is 22.6 Å². The van der Waals surface area contributed by atoms with Crippen LogP contribution in [0.15, 0.2) is 66.1 Å². The van der Waals surface area contributed by atoms with E-state index >= 15 is 0 Å². The number of likely N-dealkylation sites (tertiary alicyclic amines) is 1. The summed E-state index contributed by atoms with van der Waals surface area (Å²) in [5.74, 6) is 1.12. The van der Waals surface area contributed by atoms with Crippen molar-refractivity contribution in [2.75, 3.05) is 18.8 Å². The van der Waals surface area contributed by atoms with Crippen LogP contribution in [-0.4, -0.2) is 48.9 Å². The summed E-state index contributed by atoms with van der Waals surface area (Å²) in [5, 5.41) is 11.6. The number of nitrogens with two attached hydrogens (primary N) is 1. The number of carbonyl (C=O) groups excluding carboxylic acids is 1. The average molecular weight is 457 g/mol. The van der Waals surface area contributed by atoms with Crippen LogP contribution in [0.2, 0.25) is 0 Å². The fourth-order valence-electron chi connectivity index (χ4n) is 4.25. The third-order valence-electron chi connectivity index (χ3n) is 5.86. The molecule has 0 radical (unpaired) electrons. The van der Waals surface area contributed by atoms with E-state index in [0.29, 0.717) is 46.9 Å². The standard InChI is InChI=1S/C24H23N7O3/c1-2-19(32)30-12-6-7-16(14-30)31-22-20(23(25)27-28-24(22)33)21(29-31)15-10-11-18(26-13-15)34-17-8-4-3-5-9-17/h2-5,8-11,13,16H,1,6-7,12,14H2,(H2,25,27)(H,28,33). The van der Waals surface area contributed by atoms with Crippen LogP contribution in [0.4, 0.5) is 5.82 Å². The smallest absolute Gasteiger partial charge is 0.290 e. The fraction of sp³-hybridized carbons (Fsp3) is 0.208. The van der Waals surface area contributed by atoms with Gasteiger partial charge in [0.15, 0.2) is 5.82 Å². The molecule has 4 aromatic rings. The molecule has 1 saturated heterocycles. The number of para-hydroxylation sites is 1. The summed E-state index contributed by atoms with van der Waals surface area (Å²) in [5.41, 5.74) is 7.27. The summed E-state index contributed by atoms with van der Waals surface area (Å²) in [4.78, 5) is 31.1. The number of amides is 1. The van der Waals surface area contributed by atoms with Crippen molar-refractivity contribution in [1.29, 1.82) is 0 Å². The van der Waals surface area contributed by atoms with E-state index in [9.17, 15) is 9.59 Å². The Morgan fingerprint density at radius 1 is 1.24 bits per heavy atom. The molecule has 1 aliphatic heterocycles. The van der Waals surface area contributed by atoms with Crippen LogP contribution >= 0.6 is 0 Å². The number of piperidine rings is 1. The monoisotopic (exact) mass is 457 g/mol. The van der Waals surface area contributed by atoms with Gasteiger partial charge in [-0.15, -0.1) is 0 Å². The number of anilines is 1. The molecule has 0 saturated carbocycles. The van der Waals surface area contributed by atoms with Gasteiger partial charge in [-0.1, -0.05) is 24.8 Å². The minimum atomic E-state index is -0.396. The number of benzene rings is 1. The predicted octanol–water partition coefficient (Wildman–Crippen LogP) is 2.91. The zero-order chi connectivity index (χ0) is 23.7. The first-order valence-electron chi connectivity index (χ1n) is 10.9. The minimum Gasteiger partial charge on any atom is -0.439 e. The quantitative estimate of drug-likeness (QED) is 0.440. The summed E-state index contributed by atoms with van der Waals surface area (Å²) < 4.78 is 7.44. The first-order valence-corrected chi connectivity index (χ1v) is 10.9. The lowest BCUT2D eigenvalue weighted by Crippen LogP contribution is -2.40. The Labute approximate surface area is 194 Å². The number of pyridine rings is 1. The van der Waals surface area contributed by atoms with Crippen LogP contribution < -0.4 is 16.0 Å². The Morgan fingerprint density at radius 2 is 2.06 bits per heavy atom. The van der Waals surface area contributed by atoms with Crippen molar-refractivity contribution < 1.29 is 9.53 Å². The number of aromatic nitrogens is 5. The number of nitrogen functional groups attached to an aromatic ring is 1. The normalized spacial score (nSPS) is 15.9. The highest BCUT2D eigenvalue weighted by Crippen LogP contribution is 2.33. The molecule has 1 atom stereocenters. The highest BCUT2D eigenvalue weighted by atomic mass is 16.5. The SMILES string of the molecule is C=CC(=O)N1CCCC(n2nc(-c3ccc(Oc4ccccc4)nc3)c3c(N)n[nH]c(=O)c32)C1. The Morgan fingerprint density at radius 3 is 2.79 bits per heavy atom. The van der Waals surface area contributed by atoms with Crippen molar-refractivity contribution in [3.63, 3.8) is 0 Å². The maximum Gasteiger partial charge on any atom is 0.290 e. The maximum absolute atomic E-state index is 12.8. The molecule has 1 aromatic carbocycles. The van der Waals surface area contributed by atoms with E-state index in [0.717, 1.165) is 12.8 Å². The lowest BCUT2D eigenvalue weighted by molar-refractivity contribution is -0.127. The van der Waals surface area contributed by atoms with Gasteiger partial charge in [-0.3, -0.25) is 14.3 Å². The second-order valence-electron chi connectivity index (χ2n) is 8.04. The number of carbonyl (C=O) groups is 1. The third-order valence-corrected chi connectivity index (χ3v) is 5.86. The molecular formula is C24H23N7O3. The van der Waals surface area contributed by atoms with Crippen molar-refractivity contribution in [2.24, 2.45) is 0 Å². The van der Waals surface area contributed by atoms with Crippen molar-refractivity contribution in [3.8, 4) is 22.9 Å². The number of H-pyrrole nitrogens is 1. The van der Waals surface area contributed by atoms with Gasteiger partial charge < -0.3 is 15.4 Å². The second-order valence-corrected chi connectivity index (χ2v) is 8.04. The maximum atomic E-state index is 12.8. The summed E-state index contributed by atoms with van der Waals surface area (Å²) in [7, 11) is 0. The van der Waals surface area contributed by atoms with Crippen LogP contribution in [-0.2, 0) is 4.79 Å². The number of nitrogens with one attached hydrogen (secondary N) is 1. The van der Waals surface area contributed by atoms with E-state index in [1.165, 1.54) is 6.08 Å². The number of hydrogen-bond donors (Lipinski definition) is 2. The number of rotatable bonds is 5. The van der Waals surface area contributed by atoms with Gasteiger partial charge in [0, 0.05) is 30.9 Å². The zero-order valence-corrected chi connectivity index (χ0v) is 18.3. The van der Waals surface area contributed by atoms with Crippen LogP contribution in [0, 0.1) is 0 Å². The molecule has 1 amide bonds. The molecule has 0 spiro atoms. The molecule has 3 aromatic heterocycles. The van der Waals surface area contributed by atoms with Crippen LogP contribution in [0.25, 0.3) is 22.2 Å². The lowest BCUT2D eigenvalue weighted by Gasteiger charge is -2.32. The van der Waals surface area contributed by atoms with Crippen LogP contribution in [0.5, 0.6) is 11.6 Å². The van der Waals surface area contributed by atoms with Crippen molar-refractivity contribution in [1.82, 2.24) is 29.9 Å². The fourth-order valence-corrected chi connectivity index (χ4v) is 4.25. The highest BCUT2D eigenvalue weighted by Gasteiger charge is 2.28. The highest BCUT2D eigenvalue weighted by molar-refractivity contribution is 5.99. The molecule has 3 N–H and O–H groups in total. The van der Waals surface area contributed by atoms with Gasteiger partial charge in [0.1, 0.15) is 17.0 Å². The molecule has 172 valence electrons. The van der Waals surface area contributed by atoms with Crippen LogP contribution in [0.1, 0.15) is 18.9 Å². The minimum absolute atomic E-state index is 0.144. The molecular weight excluding hydrogens is 434 g/mol. The molecule has 10 nitrogen and oxygen atoms in total. The lowest BCUT2D eigenvalue weighted by atomic mass is 10.1. The van der Waals surface area contributed by atoms with E-state index in [2.05, 4.69) is 21.8 Å². The van der Waals surface area contributed by atoms with Gasteiger partial charge in [0.2, 0.25) is 11.8 Å². The largest absolute Gasteiger partial charge is 0.439 e. The summed E-state index contributed by atoms with van der Waals surface area (Å²) >= 11 is 0. The number of hydrogen-bond acceptors (Lipinski definition) is 7. The van der Waals surface area contributed by atoms with Crippen molar-refractivity contribution in [3.05, 3.63) is 71.7 Å². The number of ether oxygens (including phenoxy) is 1. The summed E-state index contributed by atoms with van der Waals surface area (Å²) in [6.45, 7) is 4.64. The van der Waals surface area contributed by atoms with Crippen LogP contribution in [0.3, 0.4) is 0 Å². The Balaban J connectivity index is 1.55.